The van der Waals surface area contributed by atoms with Crippen LogP contribution in [0.15, 0.2) is 0 Å². The van der Waals surface area contributed by atoms with Crippen molar-refractivity contribution < 1.29 is 19.2 Å². The van der Waals surface area contributed by atoms with Crippen molar-refractivity contribution in [2.75, 3.05) is 6.54 Å². The Morgan fingerprint density at radius 3 is 2.29 bits per heavy atom. The fourth-order valence-corrected chi connectivity index (χ4v) is 3.27. The minimum absolute atomic E-state index is 0.0330. The molecule has 0 bridgehead atoms. The summed E-state index contributed by atoms with van der Waals surface area (Å²) in [5, 5.41) is 2.79. The van der Waals surface area contributed by atoms with Crippen LogP contribution in [0.5, 0.6) is 0 Å². The third kappa shape index (κ3) is 4.13. The minimum atomic E-state index is -0.892. The van der Waals surface area contributed by atoms with Crippen LogP contribution in [0.25, 0.3) is 0 Å². The molecule has 1 saturated heterocycles. The quantitative estimate of drug-likeness (QED) is 0.565. The van der Waals surface area contributed by atoms with Crippen LogP contribution in [0.1, 0.15) is 59.3 Å². The van der Waals surface area contributed by atoms with Crippen molar-refractivity contribution in [2.24, 2.45) is 5.92 Å². The third-order valence-electron chi connectivity index (χ3n) is 4.66. The Morgan fingerprint density at radius 1 is 1.08 bits per heavy atom. The van der Waals surface area contributed by atoms with E-state index in [0.29, 0.717) is 5.92 Å². The van der Waals surface area contributed by atoms with Crippen molar-refractivity contribution in [3.8, 4) is 0 Å². The molecule has 1 N–H and O–H groups in total. The number of carbonyl (C=O) groups is 4. The molecule has 0 aromatic carbocycles. The molecule has 1 aliphatic carbocycles. The highest BCUT2D eigenvalue weighted by Crippen LogP contribution is 2.27. The van der Waals surface area contributed by atoms with Gasteiger partial charge in [-0.1, -0.05) is 26.7 Å². The van der Waals surface area contributed by atoms with Crippen LogP contribution in [-0.4, -0.2) is 52.2 Å². The van der Waals surface area contributed by atoms with Gasteiger partial charge in [0.2, 0.25) is 5.91 Å². The van der Waals surface area contributed by atoms with Crippen LogP contribution in [0, 0.1) is 5.92 Å². The summed E-state index contributed by atoms with van der Waals surface area (Å²) in [6.45, 7) is 5.72. The molecule has 134 valence electrons. The van der Waals surface area contributed by atoms with Crippen LogP contribution in [0.2, 0.25) is 0 Å². The highest BCUT2D eigenvalue weighted by molar-refractivity contribution is 6.45. The minimum Gasteiger partial charge on any atom is -0.352 e. The smallest absolute Gasteiger partial charge is 0.334 e. The lowest BCUT2D eigenvalue weighted by molar-refractivity contribution is -0.144. The highest BCUT2D eigenvalue weighted by atomic mass is 16.2. The predicted molar refractivity (Wildman–Crippen MR) is 87.9 cm³/mol. The van der Waals surface area contributed by atoms with Crippen LogP contribution >= 0.6 is 0 Å². The largest absolute Gasteiger partial charge is 0.352 e. The first-order valence-electron chi connectivity index (χ1n) is 8.79. The number of hydrogen-bond donors (Lipinski definition) is 1. The van der Waals surface area contributed by atoms with E-state index in [-0.39, 0.29) is 12.1 Å². The maximum atomic E-state index is 12.4. The van der Waals surface area contributed by atoms with Crippen LogP contribution in [-0.2, 0) is 14.4 Å². The molecule has 1 heterocycles. The summed E-state index contributed by atoms with van der Waals surface area (Å²) in [6.07, 6.45) is 5.18. The Kier molecular flexibility index (Phi) is 5.96. The summed E-state index contributed by atoms with van der Waals surface area (Å²) in [5.41, 5.74) is 0. The van der Waals surface area contributed by atoms with Gasteiger partial charge in [0.05, 0.1) is 0 Å². The number of urea groups is 1. The zero-order valence-electron chi connectivity index (χ0n) is 14.7. The molecule has 7 nitrogen and oxygen atoms in total. The second-order valence-electron chi connectivity index (χ2n) is 7.23. The molecule has 2 rings (SSSR count). The van der Waals surface area contributed by atoms with Crippen molar-refractivity contribution in [1.82, 2.24) is 15.1 Å². The SMILES string of the molecule is CC(C)CC[C@H](C)NC(=O)CN1C(=O)C(=O)N(C2CCCC2)C1=O. The summed E-state index contributed by atoms with van der Waals surface area (Å²) >= 11 is 0. The van der Waals surface area contributed by atoms with Gasteiger partial charge in [-0.25, -0.2) is 9.69 Å². The van der Waals surface area contributed by atoms with Gasteiger partial charge in [-0.05, 0) is 38.5 Å². The number of nitrogens with zero attached hydrogens (tertiary/aromatic N) is 2. The van der Waals surface area contributed by atoms with Crippen molar-refractivity contribution in [3.63, 3.8) is 0 Å². The normalized spacial score (nSPS) is 20.4. The topological polar surface area (TPSA) is 86.8 Å². The summed E-state index contributed by atoms with van der Waals surface area (Å²) in [5.74, 6) is -1.55. The van der Waals surface area contributed by atoms with Gasteiger partial charge in [-0.15, -0.1) is 0 Å². The molecule has 1 saturated carbocycles. The lowest BCUT2D eigenvalue weighted by atomic mass is 10.0. The molecule has 24 heavy (non-hydrogen) atoms. The van der Waals surface area contributed by atoms with E-state index in [4.69, 9.17) is 0 Å². The van der Waals surface area contributed by atoms with Crippen molar-refractivity contribution in [3.05, 3.63) is 0 Å². The first kappa shape index (κ1) is 18.4. The fraction of sp³-hybridized carbons (Fsp3) is 0.765. The molecule has 0 radical (unpaired) electrons. The number of imide groups is 2. The Bertz CT molecular complexity index is 526. The Hall–Kier alpha value is -1.92. The average molecular weight is 337 g/mol. The fourth-order valence-electron chi connectivity index (χ4n) is 3.27. The molecule has 1 atom stereocenters. The molecular weight excluding hydrogens is 310 g/mol. The van der Waals surface area contributed by atoms with E-state index in [1.165, 1.54) is 0 Å². The molecule has 2 fully saturated rings. The van der Waals surface area contributed by atoms with Gasteiger partial charge < -0.3 is 5.32 Å². The number of hydrogen-bond acceptors (Lipinski definition) is 4. The maximum Gasteiger partial charge on any atom is 0.334 e. The Morgan fingerprint density at radius 2 is 1.71 bits per heavy atom. The van der Waals surface area contributed by atoms with E-state index >= 15 is 0 Å². The van der Waals surface area contributed by atoms with Crippen molar-refractivity contribution in [1.29, 1.82) is 0 Å². The van der Waals surface area contributed by atoms with Crippen LogP contribution in [0.3, 0.4) is 0 Å². The zero-order valence-corrected chi connectivity index (χ0v) is 14.7. The van der Waals surface area contributed by atoms with E-state index in [9.17, 15) is 19.2 Å². The molecule has 5 amide bonds. The Balaban J connectivity index is 1.91. The van der Waals surface area contributed by atoms with E-state index in [1.807, 2.05) is 6.92 Å². The molecule has 0 aromatic rings. The summed E-state index contributed by atoms with van der Waals surface area (Å²) in [6, 6.07) is -0.886. The molecule has 7 heteroatoms. The van der Waals surface area contributed by atoms with Crippen molar-refractivity contribution >= 4 is 23.8 Å². The predicted octanol–water partition coefficient (Wildman–Crippen LogP) is 1.66. The van der Waals surface area contributed by atoms with Gasteiger partial charge in [0, 0.05) is 12.1 Å². The molecule has 0 spiro atoms. The molecule has 2 aliphatic rings. The second kappa shape index (κ2) is 7.77. The molecular formula is C17H27N3O4. The van der Waals surface area contributed by atoms with Gasteiger partial charge >= 0.3 is 17.8 Å². The van der Waals surface area contributed by atoms with Gasteiger partial charge in [-0.2, -0.15) is 0 Å². The average Bonchev–Trinajstić information content (AvgIpc) is 3.09. The molecule has 1 aliphatic heterocycles. The lowest BCUT2D eigenvalue weighted by Gasteiger charge is -2.21. The van der Waals surface area contributed by atoms with Crippen molar-refractivity contribution in [2.45, 2.75) is 71.4 Å². The molecule has 0 aromatic heterocycles. The summed E-state index contributed by atoms with van der Waals surface area (Å²) in [7, 11) is 0. The summed E-state index contributed by atoms with van der Waals surface area (Å²) < 4.78 is 0. The monoisotopic (exact) mass is 337 g/mol. The van der Waals surface area contributed by atoms with Gasteiger partial charge in [-0.3, -0.25) is 19.3 Å². The van der Waals surface area contributed by atoms with Gasteiger partial charge in [0.25, 0.3) is 0 Å². The van der Waals surface area contributed by atoms with E-state index < -0.39 is 30.3 Å². The van der Waals surface area contributed by atoms with Crippen LogP contribution < -0.4 is 5.32 Å². The number of amides is 5. The number of carbonyl (C=O) groups excluding carboxylic acids is 4. The van der Waals surface area contributed by atoms with E-state index in [2.05, 4.69) is 19.2 Å². The van der Waals surface area contributed by atoms with Gasteiger partial charge in [0.15, 0.2) is 0 Å². The lowest BCUT2D eigenvalue weighted by Crippen LogP contribution is -2.45. The second-order valence-corrected chi connectivity index (χ2v) is 7.23. The van der Waals surface area contributed by atoms with Gasteiger partial charge in [0.1, 0.15) is 6.54 Å². The summed E-state index contributed by atoms with van der Waals surface area (Å²) in [4.78, 5) is 50.4. The number of rotatable bonds is 7. The highest BCUT2D eigenvalue weighted by Gasteiger charge is 2.48. The maximum absolute atomic E-state index is 12.4. The third-order valence-corrected chi connectivity index (χ3v) is 4.66. The first-order chi connectivity index (χ1) is 11.3. The standard InChI is InChI=1S/C17H27N3O4/c1-11(2)8-9-12(3)18-14(21)10-19-15(22)16(23)20(17(19)24)13-6-4-5-7-13/h11-13H,4-10H2,1-3H3,(H,18,21)/t12-/m0/s1. The molecule has 0 unspecified atom stereocenters. The van der Waals surface area contributed by atoms with E-state index in [1.54, 1.807) is 0 Å². The Labute approximate surface area is 142 Å². The number of nitrogens with one attached hydrogen (secondary N) is 1. The zero-order chi connectivity index (χ0) is 17.9. The van der Waals surface area contributed by atoms with E-state index in [0.717, 1.165) is 48.3 Å². The van der Waals surface area contributed by atoms with Crippen LogP contribution in [0.4, 0.5) is 4.79 Å². The first-order valence-corrected chi connectivity index (χ1v) is 8.79.